The third kappa shape index (κ3) is 6.52. The maximum absolute atomic E-state index is 13.7. The minimum absolute atomic E-state index is 0.227. The van der Waals surface area contributed by atoms with Gasteiger partial charge in [-0.1, -0.05) is 17.8 Å². The number of hydrogen-bond acceptors (Lipinski definition) is 7. The molecular formula is C30H32F2N6O2S. The zero-order valence-corrected chi connectivity index (χ0v) is 23.6. The highest BCUT2D eigenvalue weighted by Gasteiger charge is 2.23. The molecule has 2 aliphatic rings. The monoisotopic (exact) mass is 578 g/mol. The van der Waals surface area contributed by atoms with E-state index in [9.17, 15) is 13.6 Å². The molecule has 0 spiro atoms. The number of rotatable bonds is 7. The number of hydrogen-bond donors (Lipinski definition) is 3. The first-order valence-corrected chi connectivity index (χ1v) is 14.7. The molecule has 8 nitrogen and oxygen atoms in total. The van der Waals surface area contributed by atoms with Crippen LogP contribution in [0, 0.1) is 11.6 Å². The number of H-pyrrole nitrogens is 1. The van der Waals surface area contributed by atoms with Gasteiger partial charge in [0.15, 0.2) is 11.5 Å². The van der Waals surface area contributed by atoms with E-state index in [0.29, 0.717) is 51.3 Å². The number of carbonyl (C=O) groups excluding carboxylic acids is 1. The molecule has 41 heavy (non-hydrogen) atoms. The van der Waals surface area contributed by atoms with Gasteiger partial charge in [0.1, 0.15) is 11.6 Å². The van der Waals surface area contributed by atoms with Crippen LogP contribution in [-0.4, -0.2) is 65.4 Å². The van der Waals surface area contributed by atoms with Gasteiger partial charge in [-0.3, -0.25) is 9.89 Å². The Morgan fingerprint density at radius 3 is 2.54 bits per heavy atom. The average Bonchev–Trinajstić information content (AvgIpc) is 3.35. The van der Waals surface area contributed by atoms with Crippen molar-refractivity contribution in [3.8, 4) is 0 Å². The van der Waals surface area contributed by atoms with Gasteiger partial charge in [0.25, 0.3) is 5.91 Å². The van der Waals surface area contributed by atoms with Crippen molar-refractivity contribution in [2.75, 3.05) is 44.0 Å². The van der Waals surface area contributed by atoms with Crippen molar-refractivity contribution < 1.29 is 18.3 Å². The van der Waals surface area contributed by atoms with Crippen molar-refractivity contribution in [1.29, 1.82) is 0 Å². The predicted molar refractivity (Wildman–Crippen MR) is 156 cm³/mol. The van der Waals surface area contributed by atoms with Crippen LogP contribution in [0.1, 0.15) is 47.5 Å². The molecular weight excluding hydrogens is 546 g/mol. The second-order valence-electron chi connectivity index (χ2n) is 10.7. The highest BCUT2D eigenvalue weighted by Crippen LogP contribution is 2.34. The summed E-state index contributed by atoms with van der Waals surface area (Å²) in [4.78, 5) is 21.5. The number of halogens is 2. The Kier molecular flexibility index (Phi) is 8.18. The lowest BCUT2D eigenvalue weighted by molar-refractivity contribution is 0.0904. The van der Waals surface area contributed by atoms with Crippen molar-refractivity contribution in [2.45, 2.75) is 47.4 Å². The summed E-state index contributed by atoms with van der Waals surface area (Å²) in [7, 11) is 2.15. The van der Waals surface area contributed by atoms with E-state index in [-0.39, 0.29) is 11.9 Å². The van der Waals surface area contributed by atoms with Crippen molar-refractivity contribution in [2.24, 2.45) is 0 Å². The first kappa shape index (κ1) is 27.6. The Labute approximate surface area is 241 Å². The number of aromatic amines is 1. The van der Waals surface area contributed by atoms with Crippen LogP contribution in [0.5, 0.6) is 0 Å². The third-order valence-corrected chi connectivity index (χ3v) is 8.68. The summed E-state index contributed by atoms with van der Waals surface area (Å²) in [6, 6.07) is 11.5. The third-order valence-electron chi connectivity index (χ3n) is 7.75. The number of carbonyl (C=O) groups is 1. The molecule has 214 valence electrons. The summed E-state index contributed by atoms with van der Waals surface area (Å²) in [6.07, 6.45) is 5.54. The maximum Gasteiger partial charge on any atom is 0.258 e. The van der Waals surface area contributed by atoms with E-state index in [4.69, 9.17) is 4.74 Å². The lowest BCUT2D eigenvalue weighted by Crippen LogP contribution is -2.30. The molecule has 6 rings (SSSR count). The number of likely N-dealkylation sites (tertiary alicyclic amines) is 1. The molecule has 1 amide bonds. The van der Waals surface area contributed by atoms with E-state index in [1.807, 2.05) is 6.07 Å². The smallest absolute Gasteiger partial charge is 0.258 e. The number of nitrogens with one attached hydrogen (secondary N) is 3. The molecule has 2 aromatic heterocycles. The molecule has 0 bridgehead atoms. The van der Waals surface area contributed by atoms with Gasteiger partial charge in [0, 0.05) is 47.0 Å². The Bertz CT molecular complexity index is 1530. The molecule has 2 saturated heterocycles. The fourth-order valence-electron chi connectivity index (χ4n) is 5.47. The number of benzene rings is 2. The number of piperidine rings is 1. The minimum Gasteiger partial charge on any atom is -0.381 e. The van der Waals surface area contributed by atoms with Crippen LogP contribution in [0.3, 0.4) is 0 Å². The summed E-state index contributed by atoms with van der Waals surface area (Å²) in [6.45, 7) is 3.51. The summed E-state index contributed by atoms with van der Waals surface area (Å²) < 4.78 is 32.9. The van der Waals surface area contributed by atoms with Crippen LogP contribution in [0.4, 0.5) is 20.3 Å². The van der Waals surface area contributed by atoms with Crippen LogP contribution in [-0.2, 0) is 4.74 Å². The first-order valence-electron chi connectivity index (χ1n) is 13.9. The number of fused-ring (bicyclic) bond motifs is 1. The van der Waals surface area contributed by atoms with Gasteiger partial charge in [-0.05, 0) is 87.6 Å². The Morgan fingerprint density at radius 1 is 1.02 bits per heavy atom. The standard InChI is InChI=1S/C30H32F2N6O2S/c1-38-8-4-18(5-9-38)19-2-3-25(27(12-19)34-22-6-10-40-11-7-22)30(39)35-29-26-16-24(17-33-28(26)36-37-29)41-23-14-20(31)13-21(32)15-23/h2-3,12-18,22,34H,4-11H2,1H3,(H2,33,35,36,37,39). The fourth-order valence-corrected chi connectivity index (χ4v) is 6.37. The number of pyridine rings is 1. The van der Waals surface area contributed by atoms with Gasteiger partial charge in [0.05, 0.1) is 10.9 Å². The number of anilines is 2. The molecule has 2 aromatic carbocycles. The summed E-state index contributed by atoms with van der Waals surface area (Å²) in [5.74, 6) is -0.785. The topological polar surface area (TPSA) is 95.2 Å². The van der Waals surface area contributed by atoms with Crippen LogP contribution in [0.25, 0.3) is 11.0 Å². The van der Waals surface area contributed by atoms with E-state index in [0.717, 1.165) is 50.5 Å². The molecule has 4 aromatic rings. The SMILES string of the molecule is CN1CCC(c2ccc(C(=O)Nc3n[nH]c4ncc(Sc5cc(F)cc(F)c5)cc34)c(NC3CCOCC3)c2)CC1. The lowest BCUT2D eigenvalue weighted by Gasteiger charge is -2.30. The molecule has 4 heterocycles. The van der Waals surface area contributed by atoms with Gasteiger partial charge in [-0.2, -0.15) is 5.10 Å². The van der Waals surface area contributed by atoms with Gasteiger partial charge in [-0.25, -0.2) is 13.8 Å². The first-order chi connectivity index (χ1) is 19.9. The number of ether oxygens (including phenoxy) is 1. The maximum atomic E-state index is 13.7. The van der Waals surface area contributed by atoms with Crippen LogP contribution >= 0.6 is 11.8 Å². The Morgan fingerprint density at radius 2 is 1.78 bits per heavy atom. The van der Waals surface area contributed by atoms with Gasteiger partial charge in [0.2, 0.25) is 0 Å². The van der Waals surface area contributed by atoms with Crippen molar-refractivity contribution in [1.82, 2.24) is 20.1 Å². The van der Waals surface area contributed by atoms with Gasteiger partial charge < -0.3 is 20.3 Å². The summed E-state index contributed by atoms with van der Waals surface area (Å²) >= 11 is 1.18. The second kappa shape index (κ2) is 12.1. The van der Waals surface area contributed by atoms with E-state index in [2.05, 4.69) is 49.9 Å². The minimum atomic E-state index is -0.648. The molecule has 2 aliphatic heterocycles. The normalized spacial score (nSPS) is 17.1. The second-order valence-corrected chi connectivity index (χ2v) is 11.9. The quantitative estimate of drug-likeness (QED) is 0.246. The largest absolute Gasteiger partial charge is 0.381 e. The highest BCUT2D eigenvalue weighted by atomic mass is 32.2. The lowest BCUT2D eigenvalue weighted by atomic mass is 9.88. The van der Waals surface area contributed by atoms with Crippen molar-refractivity contribution in [3.63, 3.8) is 0 Å². The summed E-state index contributed by atoms with van der Waals surface area (Å²) in [5, 5.41) is 14.3. The van der Waals surface area contributed by atoms with E-state index in [1.54, 1.807) is 12.3 Å². The molecule has 11 heteroatoms. The fraction of sp³-hybridized carbons (Fsp3) is 0.367. The predicted octanol–water partition coefficient (Wildman–Crippen LogP) is 6.04. The zero-order chi connectivity index (χ0) is 28.3. The van der Waals surface area contributed by atoms with E-state index < -0.39 is 11.6 Å². The van der Waals surface area contributed by atoms with Crippen molar-refractivity contribution >= 4 is 40.2 Å². The molecule has 0 unspecified atom stereocenters. The molecule has 0 radical (unpaired) electrons. The van der Waals surface area contributed by atoms with Crippen molar-refractivity contribution in [3.05, 3.63) is 71.4 Å². The molecule has 0 atom stereocenters. The number of nitrogens with zero attached hydrogens (tertiary/aromatic N) is 3. The van der Waals surface area contributed by atoms with E-state index in [1.165, 1.54) is 29.5 Å². The molecule has 0 saturated carbocycles. The van der Waals surface area contributed by atoms with Gasteiger partial charge in [-0.15, -0.1) is 0 Å². The number of aromatic nitrogens is 3. The Hall–Kier alpha value is -3.54. The molecule has 3 N–H and O–H groups in total. The number of amides is 1. The van der Waals surface area contributed by atoms with E-state index >= 15 is 0 Å². The van der Waals surface area contributed by atoms with Gasteiger partial charge >= 0.3 is 0 Å². The van der Waals surface area contributed by atoms with Crippen LogP contribution in [0.15, 0.2) is 58.5 Å². The van der Waals surface area contributed by atoms with Crippen LogP contribution in [0.2, 0.25) is 0 Å². The molecule has 2 fully saturated rings. The highest BCUT2D eigenvalue weighted by molar-refractivity contribution is 7.99. The average molecular weight is 579 g/mol. The Balaban J connectivity index is 1.25. The summed E-state index contributed by atoms with van der Waals surface area (Å²) in [5.41, 5.74) is 3.09. The van der Waals surface area contributed by atoms with Crippen LogP contribution < -0.4 is 10.6 Å². The molecule has 0 aliphatic carbocycles. The zero-order valence-electron chi connectivity index (χ0n) is 22.8.